The van der Waals surface area contributed by atoms with E-state index >= 15 is 0 Å². The molecular weight excluding hydrogens is 402 g/mol. The van der Waals surface area contributed by atoms with Gasteiger partial charge >= 0.3 is 0 Å². The molecule has 1 atom stereocenters. The lowest BCUT2D eigenvalue weighted by molar-refractivity contribution is 0.0444. The molecule has 9 heteroatoms. The van der Waals surface area contributed by atoms with E-state index in [4.69, 9.17) is 10.00 Å². The molecule has 0 spiro atoms. The van der Waals surface area contributed by atoms with Gasteiger partial charge in [0.25, 0.3) is 5.56 Å². The molecule has 2 aromatic heterocycles. The zero-order chi connectivity index (χ0) is 20.9. The summed E-state index contributed by atoms with van der Waals surface area (Å²) in [5, 5.41) is 21.0. The number of hydrogen-bond acceptors (Lipinski definition) is 8. The van der Waals surface area contributed by atoms with E-state index in [9.17, 15) is 9.90 Å². The molecule has 0 radical (unpaired) electrons. The summed E-state index contributed by atoms with van der Waals surface area (Å²) in [4.78, 5) is 21.9. The molecule has 0 amide bonds. The fourth-order valence-corrected chi connectivity index (χ4v) is 4.24. The Bertz CT molecular complexity index is 1080. The fourth-order valence-electron chi connectivity index (χ4n) is 3.50. The number of benzene rings is 1. The topological polar surface area (TPSA) is 94.1 Å². The van der Waals surface area contributed by atoms with Gasteiger partial charge < -0.3 is 9.84 Å². The number of ether oxygens (including phenoxy) is 1. The highest BCUT2D eigenvalue weighted by Crippen LogP contribution is 2.13. The van der Waals surface area contributed by atoms with Gasteiger partial charge in [-0.3, -0.25) is 19.0 Å². The van der Waals surface area contributed by atoms with Crippen LogP contribution in [0.4, 0.5) is 0 Å². The van der Waals surface area contributed by atoms with Gasteiger partial charge in [0.1, 0.15) is 18.5 Å². The second-order valence-electron chi connectivity index (χ2n) is 7.32. The molecular formula is C21H23N5O3S. The second-order valence-corrected chi connectivity index (χ2v) is 8.19. The number of aliphatic hydroxyl groups excluding tert-OH is 1. The average Bonchev–Trinajstić information content (AvgIpc) is 3.23. The lowest BCUT2D eigenvalue weighted by atomic mass is 10.2. The zero-order valence-corrected chi connectivity index (χ0v) is 17.3. The lowest BCUT2D eigenvalue weighted by Gasteiger charge is -2.35. The normalized spacial score (nSPS) is 16.4. The Hall–Kier alpha value is -2.77. The van der Waals surface area contributed by atoms with Crippen molar-refractivity contribution >= 4 is 16.3 Å². The van der Waals surface area contributed by atoms with E-state index in [1.165, 1.54) is 11.3 Å². The highest BCUT2D eigenvalue weighted by Gasteiger charge is 2.20. The molecule has 0 bridgehead atoms. The number of hydrogen-bond donors (Lipinski definition) is 1. The van der Waals surface area contributed by atoms with E-state index in [2.05, 4.69) is 20.9 Å². The van der Waals surface area contributed by atoms with Crippen LogP contribution in [0.5, 0.6) is 5.75 Å². The number of β-amino-alcohol motifs (C(OH)–C–C–N with tert-alkyl or cyclic N) is 1. The number of rotatable bonds is 7. The van der Waals surface area contributed by atoms with Gasteiger partial charge in [0.05, 0.1) is 17.3 Å². The smallest absolute Gasteiger partial charge is 0.258 e. The van der Waals surface area contributed by atoms with E-state index in [0.717, 1.165) is 36.8 Å². The van der Waals surface area contributed by atoms with E-state index in [1.54, 1.807) is 40.9 Å². The van der Waals surface area contributed by atoms with Gasteiger partial charge in [0.15, 0.2) is 4.96 Å². The Morgan fingerprint density at radius 1 is 1.20 bits per heavy atom. The molecule has 4 rings (SSSR count). The third kappa shape index (κ3) is 5.04. The summed E-state index contributed by atoms with van der Waals surface area (Å²) in [7, 11) is 0. The van der Waals surface area contributed by atoms with Crippen LogP contribution >= 0.6 is 11.3 Å². The first-order valence-corrected chi connectivity index (χ1v) is 10.7. The molecule has 1 aromatic carbocycles. The molecule has 1 fully saturated rings. The SMILES string of the molecule is N#Cc1ccc(OCC(O)CN2CCN(Cc3cc(=O)n4ccsc4n3)CC2)cc1. The van der Waals surface area contributed by atoms with Gasteiger partial charge in [-0.25, -0.2) is 4.98 Å². The number of fused-ring (bicyclic) bond motifs is 1. The Kier molecular flexibility index (Phi) is 6.40. The molecule has 3 heterocycles. The van der Waals surface area contributed by atoms with Crippen molar-refractivity contribution in [3.63, 3.8) is 0 Å². The van der Waals surface area contributed by atoms with E-state index < -0.39 is 6.10 Å². The minimum absolute atomic E-state index is 0.0414. The summed E-state index contributed by atoms with van der Waals surface area (Å²) in [5.74, 6) is 0.643. The van der Waals surface area contributed by atoms with Crippen molar-refractivity contribution in [1.82, 2.24) is 19.2 Å². The molecule has 1 aliphatic heterocycles. The van der Waals surface area contributed by atoms with Crippen LogP contribution in [0.2, 0.25) is 0 Å². The Morgan fingerprint density at radius 3 is 2.67 bits per heavy atom. The van der Waals surface area contributed by atoms with Crippen molar-refractivity contribution in [3.05, 3.63) is 63.5 Å². The van der Waals surface area contributed by atoms with Crippen LogP contribution < -0.4 is 10.3 Å². The predicted molar refractivity (Wildman–Crippen MR) is 114 cm³/mol. The second kappa shape index (κ2) is 9.36. The molecule has 8 nitrogen and oxygen atoms in total. The summed E-state index contributed by atoms with van der Waals surface area (Å²) < 4.78 is 7.18. The van der Waals surface area contributed by atoms with Gasteiger partial charge in [0, 0.05) is 56.9 Å². The van der Waals surface area contributed by atoms with Crippen molar-refractivity contribution in [2.75, 3.05) is 39.3 Å². The molecule has 3 aromatic rings. The first-order valence-electron chi connectivity index (χ1n) is 9.82. The quantitative estimate of drug-likeness (QED) is 0.608. The highest BCUT2D eigenvalue weighted by atomic mass is 32.1. The summed E-state index contributed by atoms with van der Waals surface area (Å²) in [6.07, 6.45) is 1.16. The Morgan fingerprint density at radius 2 is 1.93 bits per heavy atom. The van der Waals surface area contributed by atoms with Crippen molar-refractivity contribution in [2.24, 2.45) is 0 Å². The lowest BCUT2D eigenvalue weighted by Crippen LogP contribution is -2.49. The summed E-state index contributed by atoms with van der Waals surface area (Å²) in [6, 6.07) is 10.5. The first-order chi connectivity index (χ1) is 14.6. The number of nitrogens with zero attached hydrogens (tertiary/aromatic N) is 5. The standard InChI is InChI=1S/C21H23N5O3S/c22-12-16-1-3-19(4-2-16)29-15-18(27)14-25-7-5-24(6-8-25)13-17-11-20(28)26-9-10-30-21(26)23-17/h1-4,9-11,18,27H,5-8,13-15H2. The van der Waals surface area contributed by atoms with Gasteiger partial charge in [-0.05, 0) is 24.3 Å². The summed E-state index contributed by atoms with van der Waals surface area (Å²) >= 11 is 1.46. The highest BCUT2D eigenvalue weighted by molar-refractivity contribution is 7.15. The number of nitriles is 1. The van der Waals surface area contributed by atoms with Crippen LogP contribution in [0, 0.1) is 11.3 Å². The molecule has 0 aliphatic carbocycles. The van der Waals surface area contributed by atoms with Gasteiger partial charge in [-0.1, -0.05) is 0 Å². The van der Waals surface area contributed by atoms with E-state index in [1.807, 2.05) is 5.38 Å². The Balaban J connectivity index is 1.22. The van der Waals surface area contributed by atoms with Crippen molar-refractivity contribution in [1.29, 1.82) is 5.26 Å². The maximum Gasteiger partial charge on any atom is 0.258 e. The third-order valence-electron chi connectivity index (χ3n) is 5.10. The van der Waals surface area contributed by atoms with Gasteiger partial charge in [-0.15, -0.1) is 11.3 Å². The predicted octanol–water partition coefficient (Wildman–Crippen LogP) is 1.19. The monoisotopic (exact) mass is 425 g/mol. The number of aromatic nitrogens is 2. The largest absolute Gasteiger partial charge is 0.491 e. The molecule has 1 aliphatic rings. The van der Waals surface area contributed by atoms with Crippen LogP contribution in [0.1, 0.15) is 11.3 Å². The van der Waals surface area contributed by atoms with Crippen LogP contribution in [-0.4, -0.2) is 69.7 Å². The third-order valence-corrected chi connectivity index (χ3v) is 5.86. The molecule has 156 valence electrons. The average molecular weight is 426 g/mol. The maximum absolute atomic E-state index is 12.1. The summed E-state index contributed by atoms with van der Waals surface area (Å²) in [6.45, 7) is 4.80. The van der Waals surface area contributed by atoms with Crippen molar-refractivity contribution < 1.29 is 9.84 Å². The summed E-state index contributed by atoms with van der Waals surface area (Å²) in [5.41, 5.74) is 1.34. The fraction of sp³-hybridized carbons (Fsp3) is 0.381. The number of aliphatic hydroxyl groups is 1. The van der Waals surface area contributed by atoms with Gasteiger partial charge in [-0.2, -0.15) is 5.26 Å². The van der Waals surface area contributed by atoms with Crippen molar-refractivity contribution in [3.8, 4) is 11.8 Å². The number of piperazine rings is 1. The molecule has 1 N–H and O–H groups in total. The first kappa shape index (κ1) is 20.5. The van der Waals surface area contributed by atoms with Gasteiger partial charge in [0.2, 0.25) is 0 Å². The van der Waals surface area contributed by atoms with E-state index in [0.29, 0.717) is 24.4 Å². The van der Waals surface area contributed by atoms with Crippen LogP contribution in [0.25, 0.3) is 4.96 Å². The zero-order valence-electron chi connectivity index (χ0n) is 16.5. The van der Waals surface area contributed by atoms with Crippen LogP contribution in [0.15, 0.2) is 46.7 Å². The molecule has 0 saturated carbocycles. The minimum Gasteiger partial charge on any atom is -0.491 e. The van der Waals surface area contributed by atoms with Crippen LogP contribution in [0.3, 0.4) is 0 Å². The Labute approximate surface area is 178 Å². The van der Waals surface area contributed by atoms with E-state index in [-0.39, 0.29) is 12.2 Å². The van der Waals surface area contributed by atoms with Crippen molar-refractivity contribution in [2.45, 2.75) is 12.6 Å². The molecule has 30 heavy (non-hydrogen) atoms. The van der Waals surface area contributed by atoms with Crippen LogP contribution in [-0.2, 0) is 6.54 Å². The molecule has 1 unspecified atom stereocenters. The number of thiazole rings is 1. The maximum atomic E-state index is 12.1. The minimum atomic E-state index is -0.588. The molecule has 1 saturated heterocycles.